The van der Waals surface area contributed by atoms with Crippen molar-refractivity contribution in [2.24, 2.45) is 11.1 Å². The summed E-state index contributed by atoms with van der Waals surface area (Å²) in [5, 5.41) is -0.841. The van der Waals surface area contributed by atoms with Crippen LogP contribution in [0.2, 0.25) is 0 Å². The van der Waals surface area contributed by atoms with Crippen LogP contribution >= 0.6 is 12.2 Å². The monoisotopic (exact) mass is 393 g/mol. The van der Waals surface area contributed by atoms with Gasteiger partial charge < -0.3 is 10.5 Å². The molecule has 3 atom stereocenters. The molecule has 0 bridgehead atoms. The Bertz CT molecular complexity index is 900. The molecule has 2 aromatic rings. The highest BCUT2D eigenvalue weighted by atomic mass is 32.2. The lowest BCUT2D eigenvalue weighted by Gasteiger charge is -2.17. The van der Waals surface area contributed by atoms with Gasteiger partial charge in [0.15, 0.2) is 9.84 Å². The normalized spacial score (nSPS) is 25.0. The zero-order valence-electron chi connectivity index (χ0n) is 14.3. The van der Waals surface area contributed by atoms with E-state index in [1.807, 2.05) is 6.92 Å². The lowest BCUT2D eigenvalue weighted by Crippen LogP contribution is -2.33. The van der Waals surface area contributed by atoms with Gasteiger partial charge in [-0.3, -0.25) is 0 Å². The molecule has 0 radical (unpaired) electrons. The van der Waals surface area contributed by atoms with Crippen molar-refractivity contribution in [2.45, 2.75) is 23.0 Å². The predicted molar refractivity (Wildman–Crippen MR) is 102 cm³/mol. The summed E-state index contributed by atoms with van der Waals surface area (Å²) >= 11 is 5.27. The summed E-state index contributed by atoms with van der Waals surface area (Å²) in [6.07, 6.45) is 0. The SMILES string of the molecule is CCOC[C@@]1(C(N)=S)[C@H](c2ccc(F)cc2)[C@@H]1S(=O)(=O)c1ccccc1. The summed E-state index contributed by atoms with van der Waals surface area (Å²) in [4.78, 5) is 0.316. The molecule has 2 N–H and O–H groups in total. The van der Waals surface area contributed by atoms with E-state index in [-0.39, 0.29) is 22.3 Å². The summed E-state index contributed by atoms with van der Waals surface area (Å²) in [7, 11) is -3.70. The van der Waals surface area contributed by atoms with Gasteiger partial charge in [-0.15, -0.1) is 0 Å². The Morgan fingerprint density at radius 2 is 1.81 bits per heavy atom. The van der Waals surface area contributed by atoms with Crippen LogP contribution < -0.4 is 5.73 Å². The summed E-state index contributed by atoms with van der Waals surface area (Å²) in [5.41, 5.74) is 5.69. The Labute approximate surface area is 158 Å². The number of nitrogens with two attached hydrogens (primary N) is 1. The second-order valence-electron chi connectivity index (χ2n) is 6.35. The average Bonchev–Trinajstić information content (AvgIpc) is 3.33. The minimum atomic E-state index is -3.70. The largest absolute Gasteiger partial charge is 0.393 e. The first-order valence-corrected chi connectivity index (χ1v) is 10.2. The number of hydrogen-bond acceptors (Lipinski definition) is 4. The van der Waals surface area contributed by atoms with Crippen LogP contribution in [0.4, 0.5) is 4.39 Å². The van der Waals surface area contributed by atoms with Gasteiger partial charge in [0.25, 0.3) is 0 Å². The third-order valence-corrected chi connectivity index (χ3v) is 7.57. The summed E-state index contributed by atoms with van der Waals surface area (Å²) in [6, 6.07) is 14.0. The van der Waals surface area contributed by atoms with Crippen molar-refractivity contribution in [3.05, 3.63) is 66.0 Å². The fourth-order valence-corrected chi connectivity index (χ4v) is 6.36. The van der Waals surface area contributed by atoms with Gasteiger partial charge >= 0.3 is 0 Å². The van der Waals surface area contributed by atoms with Gasteiger partial charge in [-0.2, -0.15) is 0 Å². The van der Waals surface area contributed by atoms with E-state index in [9.17, 15) is 12.8 Å². The van der Waals surface area contributed by atoms with Crippen LogP contribution in [-0.2, 0) is 14.6 Å². The van der Waals surface area contributed by atoms with E-state index in [1.165, 1.54) is 12.1 Å². The van der Waals surface area contributed by atoms with Crippen LogP contribution in [0.1, 0.15) is 18.4 Å². The molecule has 3 rings (SSSR count). The van der Waals surface area contributed by atoms with Gasteiger partial charge in [0.2, 0.25) is 0 Å². The highest BCUT2D eigenvalue weighted by molar-refractivity contribution is 7.92. The first-order chi connectivity index (χ1) is 12.4. The van der Waals surface area contributed by atoms with Crippen LogP contribution in [0.5, 0.6) is 0 Å². The Kier molecular flexibility index (Phi) is 5.14. The van der Waals surface area contributed by atoms with E-state index in [0.29, 0.717) is 12.2 Å². The molecule has 1 aliphatic rings. The second kappa shape index (κ2) is 7.06. The Morgan fingerprint density at radius 1 is 1.19 bits per heavy atom. The molecule has 1 fully saturated rings. The Morgan fingerprint density at radius 3 is 2.35 bits per heavy atom. The molecule has 0 unspecified atom stereocenters. The maximum Gasteiger partial charge on any atom is 0.182 e. The van der Waals surface area contributed by atoms with Gasteiger partial charge in [0.1, 0.15) is 5.82 Å². The molecule has 0 aliphatic heterocycles. The molecule has 0 amide bonds. The first-order valence-electron chi connectivity index (χ1n) is 8.27. The summed E-state index contributed by atoms with van der Waals surface area (Å²) in [5.74, 6) is -0.861. The third-order valence-electron chi connectivity index (χ3n) is 4.90. The molecule has 0 aromatic heterocycles. The first kappa shape index (κ1) is 18.9. The van der Waals surface area contributed by atoms with Gasteiger partial charge in [0.05, 0.1) is 27.2 Å². The van der Waals surface area contributed by atoms with Crippen molar-refractivity contribution < 1.29 is 17.5 Å². The maximum atomic E-state index is 13.3. The molecule has 138 valence electrons. The van der Waals surface area contributed by atoms with Crippen molar-refractivity contribution in [3.63, 3.8) is 0 Å². The molecule has 4 nitrogen and oxygen atoms in total. The molecule has 1 saturated carbocycles. The standard InChI is InChI=1S/C19H20FNO3S2/c1-2-24-12-19(18(21)25)16(13-8-10-14(20)11-9-13)17(19)26(22,23)15-6-4-3-5-7-15/h3-11,16-17H,2,12H2,1H3,(H2,21,25)/t16-,17+,19-/m1/s1. The zero-order valence-corrected chi connectivity index (χ0v) is 15.9. The van der Waals surface area contributed by atoms with E-state index in [4.69, 9.17) is 22.7 Å². The van der Waals surface area contributed by atoms with Gasteiger partial charge in [-0.25, -0.2) is 12.8 Å². The van der Waals surface area contributed by atoms with E-state index in [1.54, 1.807) is 42.5 Å². The van der Waals surface area contributed by atoms with E-state index < -0.39 is 26.4 Å². The fourth-order valence-electron chi connectivity index (χ4n) is 3.57. The van der Waals surface area contributed by atoms with Crippen molar-refractivity contribution in [1.82, 2.24) is 0 Å². The number of benzene rings is 2. The Hall–Kier alpha value is -1.83. The predicted octanol–water partition coefficient (Wildman–Crippen LogP) is 3.07. The molecular weight excluding hydrogens is 373 g/mol. The van der Waals surface area contributed by atoms with Gasteiger partial charge in [-0.05, 0) is 36.8 Å². The van der Waals surface area contributed by atoms with E-state index in [2.05, 4.69) is 0 Å². The van der Waals surface area contributed by atoms with E-state index in [0.717, 1.165) is 0 Å². The maximum absolute atomic E-state index is 13.3. The third kappa shape index (κ3) is 3.04. The molecular formula is C19H20FNO3S2. The summed E-state index contributed by atoms with van der Waals surface area (Å²) in [6.45, 7) is 2.35. The molecule has 1 aliphatic carbocycles. The zero-order chi connectivity index (χ0) is 18.9. The van der Waals surface area contributed by atoms with Crippen LogP contribution in [0.3, 0.4) is 0 Å². The van der Waals surface area contributed by atoms with Crippen LogP contribution in [-0.4, -0.2) is 31.9 Å². The van der Waals surface area contributed by atoms with Crippen molar-refractivity contribution in [2.75, 3.05) is 13.2 Å². The number of sulfone groups is 1. The lowest BCUT2D eigenvalue weighted by atomic mass is 10.00. The van der Waals surface area contributed by atoms with Gasteiger partial charge in [-0.1, -0.05) is 42.5 Å². The lowest BCUT2D eigenvalue weighted by molar-refractivity contribution is 0.121. The highest BCUT2D eigenvalue weighted by Gasteiger charge is 2.73. The summed E-state index contributed by atoms with van der Waals surface area (Å²) < 4.78 is 45.4. The highest BCUT2D eigenvalue weighted by Crippen LogP contribution is 2.64. The topological polar surface area (TPSA) is 69.4 Å². The number of thiocarbonyl (C=S) groups is 1. The fraction of sp³-hybridized carbons (Fsp3) is 0.316. The molecule has 7 heteroatoms. The molecule has 0 spiro atoms. The minimum absolute atomic E-state index is 0.102. The number of rotatable bonds is 7. The van der Waals surface area contributed by atoms with Crippen LogP contribution in [0.15, 0.2) is 59.5 Å². The number of hydrogen-bond donors (Lipinski definition) is 1. The van der Waals surface area contributed by atoms with E-state index >= 15 is 0 Å². The number of halogens is 1. The molecule has 26 heavy (non-hydrogen) atoms. The van der Waals surface area contributed by atoms with Crippen LogP contribution in [0, 0.1) is 11.2 Å². The quantitative estimate of drug-likeness (QED) is 0.732. The van der Waals surface area contributed by atoms with Crippen molar-refractivity contribution in [3.8, 4) is 0 Å². The average molecular weight is 394 g/mol. The second-order valence-corrected chi connectivity index (χ2v) is 8.86. The minimum Gasteiger partial charge on any atom is -0.393 e. The molecule has 2 aromatic carbocycles. The number of ether oxygens (including phenoxy) is 1. The van der Waals surface area contributed by atoms with Crippen molar-refractivity contribution >= 4 is 27.0 Å². The van der Waals surface area contributed by atoms with Crippen LogP contribution in [0.25, 0.3) is 0 Å². The molecule has 0 saturated heterocycles. The smallest absolute Gasteiger partial charge is 0.182 e. The molecule has 0 heterocycles. The van der Waals surface area contributed by atoms with Crippen molar-refractivity contribution in [1.29, 1.82) is 0 Å². The Balaban J connectivity index is 2.10. The van der Waals surface area contributed by atoms with Gasteiger partial charge in [0, 0.05) is 12.5 Å².